The molecule has 0 fully saturated rings. The molecule has 3 rings (SSSR count). The molecule has 28 heavy (non-hydrogen) atoms. The van der Waals surface area contributed by atoms with Gasteiger partial charge in [-0.2, -0.15) is 0 Å². The molecule has 0 bridgehead atoms. The molecule has 0 aliphatic heterocycles. The van der Waals surface area contributed by atoms with E-state index in [1.807, 2.05) is 30.3 Å². The Morgan fingerprint density at radius 3 is 2.46 bits per heavy atom. The molecular weight excluding hydrogens is 396 g/mol. The van der Waals surface area contributed by atoms with E-state index in [1.165, 1.54) is 0 Å². The fourth-order valence-corrected chi connectivity index (χ4v) is 4.09. The number of carbonyl (C=O) groups is 1. The van der Waals surface area contributed by atoms with E-state index < -0.39 is 0 Å². The molecule has 0 aliphatic carbocycles. The lowest BCUT2D eigenvalue weighted by Crippen LogP contribution is -2.06. The Bertz CT molecular complexity index is 907. The second-order valence-electron chi connectivity index (χ2n) is 6.13. The van der Waals surface area contributed by atoms with E-state index in [1.54, 1.807) is 56.5 Å². The number of halogens is 1. The normalized spacial score (nSPS) is 11.8. The second kappa shape index (κ2) is 9.71. The monoisotopic (exact) mass is 416 g/mol. The molecule has 146 valence electrons. The van der Waals surface area contributed by atoms with Crippen molar-refractivity contribution in [1.82, 2.24) is 0 Å². The third-order valence-corrected chi connectivity index (χ3v) is 5.87. The van der Waals surface area contributed by atoms with Crippen LogP contribution in [0.2, 0.25) is 5.02 Å². The van der Waals surface area contributed by atoms with Gasteiger partial charge in [-0.1, -0.05) is 17.7 Å². The predicted molar refractivity (Wildman–Crippen MR) is 113 cm³/mol. The van der Waals surface area contributed by atoms with Crippen LogP contribution in [0.3, 0.4) is 0 Å². The lowest BCUT2D eigenvalue weighted by Gasteiger charge is -2.18. The number of carbonyl (C=O) groups excluding carboxylic acids is 1. The van der Waals surface area contributed by atoms with Crippen molar-refractivity contribution in [3.8, 4) is 11.5 Å². The van der Waals surface area contributed by atoms with Gasteiger partial charge in [0.25, 0.3) is 0 Å². The number of rotatable bonds is 9. The van der Waals surface area contributed by atoms with Gasteiger partial charge in [0.2, 0.25) is 0 Å². The average Bonchev–Trinajstić information content (AvgIpc) is 3.24. The Labute approximate surface area is 173 Å². The van der Waals surface area contributed by atoms with Crippen molar-refractivity contribution < 1.29 is 18.7 Å². The van der Waals surface area contributed by atoms with E-state index in [-0.39, 0.29) is 11.0 Å². The van der Waals surface area contributed by atoms with Crippen molar-refractivity contribution in [2.24, 2.45) is 0 Å². The van der Waals surface area contributed by atoms with E-state index in [9.17, 15) is 4.79 Å². The Balaban J connectivity index is 1.83. The van der Waals surface area contributed by atoms with Crippen LogP contribution < -0.4 is 9.47 Å². The zero-order chi connectivity index (χ0) is 19.9. The van der Waals surface area contributed by atoms with Crippen LogP contribution in [0.1, 0.15) is 33.4 Å². The molecule has 0 saturated carbocycles. The quantitative estimate of drug-likeness (QED) is 0.389. The minimum Gasteiger partial charge on any atom is -0.493 e. The summed E-state index contributed by atoms with van der Waals surface area (Å²) < 4.78 is 16.2. The summed E-state index contributed by atoms with van der Waals surface area (Å²) in [7, 11) is 3.20. The smallest absolute Gasteiger partial charge is 0.164 e. The number of benzene rings is 2. The number of methoxy groups -OCH3 is 2. The Morgan fingerprint density at radius 1 is 1.07 bits per heavy atom. The van der Waals surface area contributed by atoms with Crippen molar-refractivity contribution in [3.05, 3.63) is 82.8 Å². The van der Waals surface area contributed by atoms with Crippen LogP contribution in [0, 0.1) is 0 Å². The summed E-state index contributed by atoms with van der Waals surface area (Å²) >= 11 is 7.59. The number of ether oxygens (including phenoxy) is 2. The molecule has 0 N–H and O–H groups in total. The summed E-state index contributed by atoms with van der Waals surface area (Å²) in [5.41, 5.74) is 1.64. The Morgan fingerprint density at radius 2 is 1.82 bits per heavy atom. The summed E-state index contributed by atoms with van der Waals surface area (Å²) in [6.45, 7) is 0. The first-order valence-electron chi connectivity index (χ1n) is 8.75. The first-order valence-corrected chi connectivity index (χ1v) is 10.2. The highest BCUT2D eigenvalue weighted by molar-refractivity contribution is 7.98. The molecule has 6 heteroatoms. The molecule has 0 spiro atoms. The van der Waals surface area contributed by atoms with Gasteiger partial charge in [0.05, 0.1) is 26.2 Å². The van der Waals surface area contributed by atoms with E-state index >= 15 is 0 Å². The maximum Gasteiger partial charge on any atom is 0.164 e. The topological polar surface area (TPSA) is 48.7 Å². The zero-order valence-electron chi connectivity index (χ0n) is 15.7. The molecule has 1 aromatic heterocycles. The van der Waals surface area contributed by atoms with Gasteiger partial charge in [-0.3, -0.25) is 4.79 Å². The van der Waals surface area contributed by atoms with Crippen molar-refractivity contribution in [2.45, 2.75) is 17.4 Å². The number of hydrogen-bond donors (Lipinski definition) is 0. The first-order chi connectivity index (χ1) is 13.6. The number of furan rings is 1. The van der Waals surface area contributed by atoms with Crippen LogP contribution in [0.5, 0.6) is 11.5 Å². The maximum absolute atomic E-state index is 12.8. The molecule has 1 atom stereocenters. The van der Waals surface area contributed by atoms with Crippen LogP contribution in [0.25, 0.3) is 0 Å². The van der Waals surface area contributed by atoms with Crippen molar-refractivity contribution >= 4 is 29.1 Å². The first kappa shape index (κ1) is 20.4. The third-order valence-electron chi connectivity index (χ3n) is 4.32. The Kier molecular flexibility index (Phi) is 7.06. The van der Waals surface area contributed by atoms with E-state index in [4.69, 9.17) is 25.5 Å². The molecule has 0 saturated heterocycles. The van der Waals surface area contributed by atoms with Gasteiger partial charge >= 0.3 is 0 Å². The third kappa shape index (κ3) is 5.12. The van der Waals surface area contributed by atoms with Gasteiger partial charge in [-0.25, -0.2) is 0 Å². The van der Waals surface area contributed by atoms with Crippen molar-refractivity contribution in [3.63, 3.8) is 0 Å². The molecule has 1 heterocycles. The predicted octanol–water partition coefficient (Wildman–Crippen LogP) is 6.20. The summed E-state index contributed by atoms with van der Waals surface area (Å²) in [5.74, 6) is 2.89. The zero-order valence-corrected chi connectivity index (χ0v) is 17.3. The standard InChI is InChI=1S/C22H21ClO4S/c1-25-20-10-7-16(12-21(20)26-2)22(28-14-18-4-3-11-27-18)13-19(24)15-5-8-17(23)9-6-15/h3-12,22H,13-14H2,1-2H3. The highest BCUT2D eigenvalue weighted by Crippen LogP contribution is 2.39. The summed E-state index contributed by atoms with van der Waals surface area (Å²) in [5, 5.41) is 0.549. The molecule has 3 aromatic rings. The largest absolute Gasteiger partial charge is 0.493 e. The van der Waals surface area contributed by atoms with Crippen LogP contribution in [-0.4, -0.2) is 20.0 Å². The molecule has 2 aromatic carbocycles. The van der Waals surface area contributed by atoms with E-state index in [0.717, 1.165) is 11.3 Å². The molecule has 1 unspecified atom stereocenters. The number of ketones is 1. The maximum atomic E-state index is 12.8. The van der Waals surface area contributed by atoms with Gasteiger partial charge in [-0.05, 0) is 54.1 Å². The molecule has 0 aliphatic rings. The second-order valence-corrected chi connectivity index (χ2v) is 7.76. The molecule has 0 radical (unpaired) electrons. The molecule has 0 amide bonds. The van der Waals surface area contributed by atoms with E-state index in [0.29, 0.717) is 34.3 Å². The minimum absolute atomic E-state index is 0.0587. The lowest BCUT2D eigenvalue weighted by atomic mass is 10.0. The summed E-state index contributed by atoms with van der Waals surface area (Å²) in [6, 6.07) is 16.5. The van der Waals surface area contributed by atoms with Gasteiger partial charge in [0.1, 0.15) is 5.76 Å². The van der Waals surface area contributed by atoms with Gasteiger partial charge in [-0.15, -0.1) is 11.8 Å². The highest BCUT2D eigenvalue weighted by Gasteiger charge is 2.20. The molecular formula is C22H21ClO4S. The SMILES string of the molecule is COc1ccc(C(CC(=O)c2ccc(Cl)cc2)SCc2ccco2)cc1OC. The van der Waals surface area contributed by atoms with Crippen LogP contribution in [0.15, 0.2) is 65.3 Å². The lowest BCUT2D eigenvalue weighted by molar-refractivity contribution is 0.0982. The Hall–Kier alpha value is -2.37. The van der Waals surface area contributed by atoms with Crippen molar-refractivity contribution in [1.29, 1.82) is 0 Å². The molecule has 4 nitrogen and oxygen atoms in total. The van der Waals surface area contributed by atoms with Gasteiger partial charge in [0, 0.05) is 22.3 Å². The summed E-state index contributed by atoms with van der Waals surface area (Å²) in [6.07, 6.45) is 2.00. The number of hydrogen-bond acceptors (Lipinski definition) is 5. The summed E-state index contributed by atoms with van der Waals surface area (Å²) in [4.78, 5) is 12.8. The van der Waals surface area contributed by atoms with Gasteiger partial charge in [0.15, 0.2) is 17.3 Å². The van der Waals surface area contributed by atoms with Crippen LogP contribution in [-0.2, 0) is 5.75 Å². The van der Waals surface area contributed by atoms with Gasteiger partial charge < -0.3 is 13.9 Å². The fraction of sp³-hybridized carbons (Fsp3) is 0.227. The fourth-order valence-electron chi connectivity index (χ4n) is 2.83. The minimum atomic E-state index is -0.0620. The highest BCUT2D eigenvalue weighted by atomic mass is 35.5. The van der Waals surface area contributed by atoms with Crippen LogP contribution >= 0.6 is 23.4 Å². The number of Topliss-reactive ketones (excluding diaryl/α,β-unsaturated/α-hetero) is 1. The van der Waals surface area contributed by atoms with E-state index in [2.05, 4.69) is 0 Å². The number of thioether (sulfide) groups is 1. The van der Waals surface area contributed by atoms with Crippen molar-refractivity contribution in [2.75, 3.05) is 14.2 Å². The average molecular weight is 417 g/mol. The van der Waals surface area contributed by atoms with Crippen LogP contribution in [0.4, 0.5) is 0 Å².